The van der Waals surface area contributed by atoms with Crippen LogP contribution < -0.4 is 9.86 Å². The number of primary sulfonamides is 1. The number of aryl methyl sites for hydroxylation is 1. The number of nitrogens with one attached hydrogen (secondary N) is 1. The van der Waals surface area contributed by atoms with Gasteiger partial charge in [-0.15, -0.1) is 0 Å². The molecule has 7 nitrogen and oxygen atoms in total. The molecule has 0 aliphatic rings. The Hall–Kier alpha value is -2.10. The molecule has 2 aromatic carbocycles. The lowest BCUT2D eigenvalue weighted by Crippen LogP contribution is -2.14. The minimum Gasteiger partial charge on any atom is -0.506 e. The monoisotopic (exact) mass is 342 g/mol. The molecule has 0 radical (unpaired) electrons. The average Bonchev–Trinajstić information content (AvgIpc) is 2.40. The van der Waals surface area contributed by atoms with Gasteiger partial charge in [-0.2, -0.15) is 0 Å². The van der Waals surface area contributed by atoms with Crippen molar-refractivity contribution in [2.75, 3.05) is 4.72 Å². The van der Waals surface area contributed by atoms with Gasteiger partial charge < -0.3 is 5.11 Å². The first kappa shape index (κ1) is 16.3. The van der Waals surface area contributed by atoms with Crippen LogP contribution in [-0.4, -0.2) is 21.9 Å². The van der Waals surface area contributed by atoms with Crippen LogP contribution in [0.4, 0.5) is 5.69 Å². The maximum absolute atomic E-state index is 12.2. The van der Waals surface area contributed by atoms with Crippen LogP contribution in [0.2, 0.25) is 0 Å². The van der Waals surface area contributed by atoms with E-state index in [0.717, 1.165) is 23.8 Å². The molecule has 0 spiro atoms. The van der Waals surface area contributed by atoms with Gasteiger partial charge in [-0.05, 0) is 31.2 Å². The van der Waals surface area contributed by atoms with Gasteiger partial charge in [0.25, 0.3) is 10.0 Å². The normalized spacial score (nSPS) is 12.1. The Morgan fingerprint density at radius 1 is 0.955 bits per heavy atom. The molecule has 22 heavy (non-hydrogen) atoms. The van der Waals surface area contributed by atoms with Gasteiger partial charge in [0, 0.05) is 6.07 Å². The van der Waals surface area contributed by atoms with Crippen molar-refractivity contribution in [2.24, 2.45) is 5.14 Å². The Labute approximate surface area is 128 Å². The third-order valence-electron chi connectivity index (χ3n) is 2.87. The number of benzene rings is 2. The standard InChI is InChI=1S/C13H14N2O5S2/c1-9-2-4-10(5-3-9)22(19,20)15-12-7-6-11(8-13(12)16)21(14,17)18/h2-8,15-16H,1H3,(H2,14,17,18). The molecule has 0 aliphatic heterocycles. The first-order valence-electron chi connectivity index (χ1n) is 6.05. The van der Waals surface area contributed by atoms with Crippen molar-refractivity contribution >= 4 is 25.7 Å². The van der Waals surface area contributed by atoms with Gasteiger partial charge in [-0.1, -0.05) is 17.7 Å². The Morgan fingerprint density at radius 2 is 1.50 bits per heavy atom. The van der Waals surface area contributed by atoms with Crippen LogP contribution >= 0.6 is 0 Å². The second-order valence-electron chi connectivity index (χ2n) is 4.64. The van der Waals surface area contributed by atoms with E-state index in [0.29, 0.717) is 0 Å². The smallest absolute Gasteiger partial charge is 0.262 e. The second kappa shape index (κ2) is 5.59. The summed E-state index contributed by atoms with van der Waals surface area (Å²) in [6.45, 7) is 1.82. The molecular formula is C13H14N2O5S2. The van der Waals surface area contributed by atoms with Crippen LogP contribution in [0.15, 0.2) is 52.3 Å². The quantitative estimate of drug-likeness (QED) is 0.718. The third kappa shape index (κ3) is 3.56. The first-order valence-corrected chi connectivity index (χ1v) is 9.08. The Kier molecular flexibility index (Phi) is 4.14. The summed E-state index contributed by atoms with van der Waals surface area (Å²) < 4.78 is 48.9. The summed E-state index contributed by atoms with van der Waals surface area (Å²) in [5.41, 5.74) is 0.757. The van der Waals surface area contributed by atoms with Crippen LogP contribution in [0.25, 0.3) is 0 Å². The number of anilines is 1. The van der Waals surface area contributed by atoms with Gasteiger partial charge in [0.05, 0.1) is 15.5 Å². The Balaban J connectivity index is 2.36. The van der Waals surface area contributed by atoms with E-state index < -0.39 is 25.8 Å². The van der Waals surface area contributed by atoms with Gasteiger partial charge in [-0.25, -0.2) is 22.0 Å². The number of phenols is 1. The van der Waals surface area contributed by atoms with Crippen molar-refractivity contribution < 1.29 is 21.9 Å². The van der Waals surface area contributed by atoms with Crippen LogP contribution in [-0.2, 0) is 20.0 Å². The highest BCUT2D eigenvalue weighted by Gasteiger charge is 2.17. The lowest BCUT2D eigenvalue weighted by atomic mass is 10.2. The zero-order chi connectivity index (χ0) is 16.5. The molecule has 0 amide bonds. The predicted octanol–water partition coefficient (Wildman–Crippen LogP) is 1.15. The number of aromatic hydroxyl groups is 1. The maximum atomic E-state index is 12.2. The van der Waals surface area contributed by atoms with Crippen molar-refractivity contribution in [3.63, 3.8) is 0 Å². The van der Waals surface area contributed by atoms with Crippen LogP contribution in [0, 0.1) is 6.92 Å². The molecule has 2 rings (SSSR count). The van der Waals surface area contributed by atoms with Crippen LogP contribution in [0.5, 0.6) is 5.75 Å². The molecule has 4 N–H and O–H groups in total. The number of rotatable bonds is 4. The summed E-state index contributed by atoms with van der Waals surface area (Å²) in [4.78, 5) is -0.295. The summed E-state index contributed by atoms with van der Waals surface area (Å²) in [7, 11) is -7.87. The molecule has 0 heterocycles. The minimum atomic E-state index is -3.98. The fraction of sp³-hybridized carbons (Fsp3) is 0.0769. The Bertz CT molecular complexity index is 904. The lowest BCUT2D eigenvalue weighted by Gasteiger charge is -2.10. The highest BCUT2D eigenvalue weighted by atomic mass is 32.2. The molecular weight excluding hydrogens is 328 g/mol. The summed E-state index contributed by atoms with van der Waals surface area (Å²) in [5, 5.41) is 14.7. The zero-order valence-corrected chi connectivity index (χ0v) is 13.1. The largest absolute Gasteiger partial charge is 0.506 e. The molecule has 2 aromatic rings. The van der Waals surface area contributed by atoms with E-state index >= 15 is 0 Å². The lowest BCUT2D eigenvalue weighted by molar-refractivity contribution is 0.475. The van der Waals surface area contributed by atoms with Crippen LogP contribution in [0.3, 0.4) is 0 Å². The molecule has 0 fully saturated rings. The average molecular weight is 342 g/mol. The fourth-order valence-corrected chi connectivity index (χ4v) is 3.30. The summed E-state index contributed by atoms with van der Waals surface area (Å²) >= 11 is 0. The topological polar surface area (TPSA) is 127 Å². The van der Waals surface area contributed by atoms with Gasteiger partial charge in [-0.3, -0.25) is 4.72 Å². The van der Waals surface area contributed by atoms with E-state index in [1.807, 2.05) is 6.92 Å². The van der Waals surface area contributed by atoms with Crippen molar-refractivity contribution in [3.05, 3.63) is 48.0 Å². The Morgan fingerprint density at radius 3 is 2.00 bits per heavy atom. The van der Waals surface area contributed by atoms with E-state index in [1.165, 1.54) is 12.1 Å². The number of hydrogen-bond donors (Lipinski definition) is 3. The molecule has 0 saturated heterocycles. The van der Waals surface area contributed by atoms with Crippen molar-refractivity contribution in [1.29, 1.82) is 0 Å². The molecule has 118 valence electrons. The maximum Gasteiger partial charge on any atom is 0.262 e. The van der Waals surface area contributed by atoms with Crippen molar-refractivity contribution in [2.45, 2.75) is 16.7 Å². The van der Waals surface area contributed by atoms with Crippen molar-refractivity contribution in [1.82, 2.24) is 0 Å². The number of phenolic OH excluding ortho intramolecular Hbond substituents is 1. The van der Waals surface area contributed by atoms with Gasteiger partial charge >= 0.3 is 0 Å². The summed E-state index contributed by atoms with van der Waals surface area (Å²) in [5.74, 6) is -0.540. The van der Waals surface area contributed by atoms with Crippen molar-refractivity contribution in [3.8, 4) is 5.75 Å². The van der Waals surface area contributed by atoms with E-state index in [-0.39, 0.29) is 15.5 Å². The second-order valence-corrected chi connectivity index (χ2v) is 7.89. The summed E-state index contributed by atoms with van der Waals surface area (Å²) in [6, 6.07) is 9.23. The highest BCUT2D eigenvalue weighted by molar-refractivity contribution is 7.92. The molecule has 9 heteroatoms. The molecule has 0 atom stereocenters. The van der Waals surface area contributed by atoms with Gasteiger partial charge in [0.1, 0.15) is 5.75 Å². The van der Waals surface area contributed by atoms with Crippen LogP contribution in [0.1, 0.15) is 5.56 Å². The fourth-order valence-electron chi connectivity index (χ4n) is 1.70. The molecule has 0 aromatic heterocycles. The summed E-state index contributed by atoms with van der Waals surface area (Å²) in [6.07, 6.45) is 0. The van der Waals surface area contributed by atoms with E-state index in [1.54, 1.807) is 12.1 Å². The minimum absolute atomic E-state index is 0.0213. The number of sulfonamides is 2. The molecule has 0 aliphatic carbocycles. The SMILES string of the molecule is Cc1ccc(S(=O)(=O)Nc2ccc(S(N)(=O)=O)cc2O)cc1. The van der Waals surface area contributed by atoms with E-state index in [9.17, 15) is 21.9 Å². The molecule has 0 unspecified atom stereocenters. The predicted molar refractivity (Wildman–Crippen MR) is 81.5 cm³/mol. The number of nitrogens with two attached hydrogens (primary N) is 1. The third-order valence-corrected chi connectivity index (χ3v) is 5.17. The molecule has 0 bridgehead atoms. The first-order chi connectivity index (χ1) is 10.1. The highest BCUT2D eigenvalue weighted by Crippen LogP contribution is 2.28. The van der Waals surface area contributed by atoms with E-state index in [2.05, 4.69) is 4.72 Å². The van der Waals surface area contributed by atoms with Gasteiger partial charge in [0.15, 0.2) is 0 Å². The van der Waals surface area contributed by atoms with E-state index in [4.69, 9.17) is 5.14 Å². The molecule has 0 saturated carbocycles. The van der Waals surface area contributed by atoms with Gasteiger partial charge in [0.2, 0.25) is 10.0 Å². The zero-order valence-electron chi connectivity index (χ0n) is 11.5. The number of hydrogen-bond acceptors (Lipinski definition) is 5.